The first-order valence-electron chi connectivity index (χ1n) is 7.29. The molecule has 24 heavy (non-hydrogen) atoms. The number of hydrogen-bond acceptors (Lipinski definition) is 3. The first-order valence-corrected chi connectivity index (χ1v) is 7.29. The van der Waals surface area contributed by atoms with Gasteiger partial charge in [0.05, 0.1) is 11.1 Å². The lowest BCUT2D eigenvalue weighted by Gasteiger charge is -2.13. The molecule has 0 aliphatic carbocycles. The van der Waals surface area contributed by atoms with Crippen LogP contribution < -0.4 is 14.8 Å². The summed E-state index contributed by atoms with van der Waals surface area (Å²) in [7, 11) is 0. The molecule has 0 aromatic heterocycles. The summed E-state index contributed by atoms with van der Waals surface area (Å²) in [6.45, 7) is 0.120. The van der Waals surface area contributed by atoms with Gasteiger partial charge in [0.2, 0.25) is 6.79 Å². The summed E-state index contributed by atoms with van der Waals surface area (Å²) in [5, 5.41) is 2.61. The minimum atomic E-state index is -4.41. The van der Waals surface area contributed by atoms with Crippen molar-refractivity contribution in [2.75, 3.05) is 13.3 Å². The third kappa shape index (κ3) is 3.29. The maximum atomic E-state index is 12.9. The average molecular weight is 337 g/mol. The summed E-state index contributed by atoms with van der Waals surface area (Å²) in [6.07, 6.45) is -4.33. The van der Waals surface area contributed by atoms with Crippen LogP contribution in [-0.2, 0) is 12.6 Å². The number of fused-ring (bicyclic) bond motifs is 1. The van der Waals surface area contributed by atoms with E-state index in [1.54, 1.807) is 24.3 Å². The van der Waals surface area contributed by atoms with Gasteiger partial charge in [-0.15, -0.1) is 0 Å². The largest absolute Gasteiger partial charge is 0.454 e. The number of nitrogens with one attached hydrogen (secondary N) is 1. The quantitative estimate of drug-likeness (QED) is 0.930. The molecule has 1 heterocycles. The van der Waals surface area contributed by atoms with Gasteiger partial charge in [0.25, 0.3) is 5.91 Å². The van der Waals surface area contributed by atoms with E-state index in [-0.39, 0.29) is 25.3 Å². The first kappa shape index (κ1) is 16.2. The number of rotatable bonds is 4. The number of para-hydroxylation sites is 1. The van der Waals surface area contributed by atoms with E-state index in [4.69, 9.17) is 9.47 Å². The second-order valence-electron chi connectivity index (χ2n) is 5.20. The summed E-state index contributed by atoms with van der Waals surface area (Å²) >= 11 is 0. The fourth-order valence-corrected chi connectivity index (χ4v) is 2.53. The standard InChI is InChI=1S/C17H14F3NO3/c18-17(19,20)13-6-2-1-4-11(13)8-9-21-16(22)12-5-3-7-14-15(12)24-10-23-14/h1-7H,8-10H2,(H,21,22). The smallest absolute Gasteiger partial charge is 0.416 e. The zero-order valence-corrected chi connectivity index (χ0v) is 12.5. The summed E-state index contributed by atoms with van der Waals surface area (Å²) in [6, 6.07) is 10.2. The second kappa shape index (κ2) is 6.43. The third-order valence-corrected chi connectivity index (χ3v) is 3.64. The molecule has 0 spiro atoms. The van der Waals surface area contributed by atoms with Crippen molar-refractivity contribution in [1.82, 2.24) is 5.32 Å². The molecule has 0 saturated carbocycles. The Kier molecular flexibility index (Phi) is 4.33. The van der Waals surface area contributed by atoms with Crippen LogP contribution in [0.25, 0.3) is 0 Å². The Bertz CT molecular complexity index is 759. The van der Waals surface area contributed by atoms with E-state index in [9.17, 15) is 18.0 Å². The summed E-state index contributed by atoms with van der Waals surface area (Å²) in [4.78, 5) is 12.2. The van der Waals surface area contributed by atoms with Crippen LogP contribution in [0.2, 0.25) is 0 Å². The highest BCUT2D eigenvalue weighted by atomic mass is 19.4. The molecule has 1 amide bonds. The molecular weight excluding hydrogens is 323 g/mol. The molecule has 0 bridgehead atoms. The molecule has 0 fully saturated rings. The van der Waals surface area contributed by atoms with E-state index in [1.807, 2.05) is 0 Å². The molecule has 4 nitrogen and oxygen atoms in total. The van der Waals surface area contributed by atoms with Crippen molar-refractivity contribution in [3.8, 4) is 11.5 Å². The van der Waals surface area contributed by atoms with Crippen LogP contribution in [0, 0.1) is 0 Å². The van der Waals surface area contributed by atoms with Gasteiger partial charge < -0.3 is 14.8 Å². The van der Waals surface area contributed by atoms with E-state index in [0.29, 0.717) is 17.1 Å². The Morgan fingerprint density at radius 2 is 1.88 bits per heavy atom. The maximum absolute atomic E-state index is 12.9. The van der Waals surface area contributed by atoms with Gasteiger partial charge in [-0.1, -0.05) is 24.3 Å². The molecule has 1 aliphatic rings. The highest BCUT2D eigenvalue weighted by Gasteiger charge is 2.32. The van der Waals surface area contributed by atoms with Gasteiger partial charge in [0.15, 0.2) is 11.5 Å². The van der Waals surface area contributed by atoms with Crippen molar-refractivity contribution in [2.24, 2.45) is 0 Å². The van der Waals surface area contributed by atoms with Crippen LogP contribution in [0.5, 0.6) is 11.5 Å². The van der Waals surface area contributed by atoms with Crippen molar-refractivity contribution in [3.63, 3.8) is 0 Å². The molecule has 0 radical (unpaired) electrons. The Morgan fingerprint density at radius 1 is 1.08 bits per heavy atom. The van der Waals surface area contributed by atoms with Crippen LogP contribution >= 0.6 is 0 Å². The molecule has 1 N–H and O–H groups in total. The lowest BCUT2D eigenvalue weighted by atomic mass is 10.0. The summed E-state index contributed by atoms with van der Waals surface area (Å²) in [5.41, 5.74) is -0.242. The molecule has 0 atom stereocenters. The van der Waals surface area contributed by atoms with Gasteiger partial charge >= 0.3 is 6.18 Å². The van der Waals surface area contributed by atoms with E-state index in [0.717, 1.165) is 6.07 Å². The van der Waals surface area contributed by atoms with Crippen molar-refractivity contribution in [2.45, 2.75) is 12.6 Å². The van der Waals surface area contributed by atoms with Crippen LogP contribution in [0.3, 0.4) is 0 Å². The lowest BCUT2D eigenvalue weighted by Crippen LogP contribution is -2.26. The molecule has 3 rings (SSSR count). The highest BCUT2D eigenvalue weighted by Crippen LogP contribution is 2.35. The number of hydrogen-bond donors (Lipinski definition) is 1. The third-order valence-electron chi connectivity index (χ3n) is 3.64. The SMILES string of the molecule is O=C(NCCc1ccccc1C(F)(F)F)c1cccc2c1OCO2. The molecule has 0 saturated heterocycles. The van der Waals surface area contributed by atoms with Crippen LogP contribution in [0.1, 0.15) is 21.5 Å². The number of amides is 1. The first-order chi connectivity index (χ1) is 11.5. The normalized spacial score (nSPS) is 13.0. The molecule has 126 valence electrons. The van der Waals surface area contributed by atoms with E-state index < -0.39 is 17.6 Å². The van der Waals surface area contributed by atoms with Crippen LogP contribution in [0.4, 0.5) is 13.2 Å². The van der Waals surface area contributed by atoms with E-state index in [2.05, 4.69) is 5.32 Å². The lowest BCUT2D eigenvalue weighted by molar-refractivity contribution is -0.138. The fraction of sp³-hybridized carbons (Fsp3) is 0.235. The maximum Gasteiger partial charge on any atom is 0.416 e. The van der Waals surface area contributed by atoms with Gasteiger partial charge in [0, 0.05) is 6.54 Å². The van der Waals surface area contributed by atoms with Crippen molar-refractivity contribution in [1.29, 1.82) is 0 Å². The number of alkyl halides is 3. The monoisotopic (exact) mass is 337 g/mol. The Hall–Kier alpha value is -2.70. The van der Waals surface area contributed by atoms with Crippen LogP contribution in [-0.4, -0.2) is 19.2 Å². The van der Waals surface area contributed by atoms with Gasteiger partial charge in [-0.3, -0.25) is 4.79 Å². The van der Waals surface area contributed by atoms with Crippen molar-refractivity contribution >= 4 is 5.91 Å². The molecule has 7 heteroatoms. The minimum Gasteiger partial charge on any atom is -0.454 e. The van der Waals surface area contributed by atoms with Gasteiger partial charge in [-0.25, -0.2) is 0 Å². The van der Waals surface area contributed by atoms with Crippen molar-refractivity contribution in [3.05, 3.63) is 59.2 Å². The van der Waals surface area contributed by atoms with E-state index >= 15 is 0 Å². The highest BCUT2D eigenvalue weighted by molar-refractivity contribution is 5.97. The molecular formula is C17H14F3NO3. The fourth-order valence-electron chi connectivity index (χ4n) is 2.53. The second-order valence-corrected chi connectivity index (χ2v) is 5.20. The molecule has 1 aliphatic heterocycles. The Labute approximate surface area is 136 Å². The zero-order valence-electron chi connectivity index (χ0n) is 12.5. The number of carbonyl (C=O) groups excluding carboxylic acids is 1. The number of carbonyl (C=O) groups is 1. The predicted molar refractivity (Wildman–Crippen MR) is 80.0 cm³/mol. The molecule has 2 aromatic carbocycles. The van der Waals surface area contributed by atoms with E-state index in [1.165, 1.54) is 12.1 Å². The Balaban J connectivity index is 1.66. The summed E-state index contributed by atoms with van der Waals surface area (Å²) < 4.78 is 49.2. The zero-order chi connectivity index (χ0) is 17.2. The van der Waals surface area contributed by atoms with Gasteiger partial charge in [-0.2, -0.15) is 13.2 Å². The van der Waals surface area contributed by atoms with Crippen LogP contribution in [0.15, 0.2) is 42.5 Å². The predicted octanol–water partition coefficient (Wildman–Crippen LogP) is 3.41. The summed E-state index contributed by atoms with van der Waals surface area (Å²) in [5.74, 6) is 0.414. The van der Waals surface area contributed by atoms with Crippen molar-refractivity contribution < 1.29 is 27.4 Å². The number of halogens is 3. The van der Waals surface area contributed by atoms with Gasteiger partial charge in [0.1, 0.15) is 0 Å². The molecule has 2 aromatic rings. The minimum absolute atomic E-state index is 0.0403. The van der Waals surface area contributed by atoms with Gasteiger partial charge in [-0.05, 0) is 30.2 Å². The Morgan fingerprint density at radius 3 is 2.67 bits per heavy atom. The number of ether oxygens (including phenoxy) is 2. The molecule has 0 unspecified atom stereocenters. The topological polar surface area (TPSA) is 47.6 Å². The number of benzene rings is 2. The average Bonchev–Trinajstić information content (AvgIpc) is 3.02.